The summed E-state index contributed by atoms with van der Waals surface area (Å²) in [5.74, 6) is 0. The summed E-state index contributed by atoms with van der Waals surface area (Å²) < 4.78 is 0. The topological polar surface area (TPSA) is 26.0 Å². The van der Waals surface area contributed by atoms with Gasteiger partial charge < -0.3 is 5.73 Å². The van der Waals surface area contributed by atoms with Crippen molar-refractivity contribution in [3.63, 3.8) is 0 Å². The highest BCUT2D eigenvalue weighted by atomic mass is 32.1. The van der Waals surface area contributed by atoms with Crippen LogP contribution in [0.2, 0.25) is 0 Å². The number of aryl methyl sites for hydroxylation is 3. The summed E-state index contributed by atoms with van der Waals surface area (Å²) in [4.78, 5) is 1.34. The molecule has 1 aromatic heterocycles. The molecule has 1 aromatic carbocycles. The lowest BCUT2D eigenvalue weighted by molar-refractivity contribution is 0.717. The third-order valence-corrected chi connectivity index (χ3v) is 4.10. The summed E-state index contributed by atoms with van der Waals surface area (Å²) in [5.41, 5.74) is 11.6. The van der Waals surface area contributed by atoms with E-state index in [4.69, 9.17) is 5.73 Å². The van der Waals surface area contributed by atoms with Gasteiger partial charge in [0.25, 0.3) is 0 Å². The molecule has 1 atom stereocenters. The normalized spacial score (nSPS) is 12.7. The third-order valence-electron chi connectivity index (χ3n) is 3.24. The number of benzene rings is 1. The van der Waals surface area contributed by atoms with E-state index < -0.39 is 0 Å². The van der Waals surface area contributed by atoms with Crippen molar-refractivity contribution in [3.05, 3.63) is 56.8 Å². The van der Waals surface area contributed by atoms with Crippen LogP contribution in [0.1, 0.15) is 33.2 Å². The van der Waals surface area contributed by atoms with Gasteiger partial charge in [-0.05, 0) is 55.3 Å². The van der Waals surface area contributed by atoms with E-state index in [0.29, 0.717) is 0 Å². The summed E-state index contributed by atoms with van der Waals surface area (Å²) in [6.45, 7) is 6.43. The molecule has 0 radical (unpaired) electrons. The average molecular weight is 245 g/mol. The largest absolute Gasteiger partial charge is 0.324 e. The molecular formula is C15H19NS. The van der Waals surface area contributed by atoms with Gasteiger partial charge in [0.05, 0.1) is 0 Å². The first-order chi connectivity index (χ1) is 8.08. The van der Waals surface area contributed by atoms with Gasteiger partial charge >= 0.3 is 0 Å². The number of hydrogen-bond acceptors (Lipinski definition) is 2. The molecule has 2 N–H and O–H groups in total. The van der Waals surface area contributed by atoms with Crippen LogP contribution in [0.5, 0.6) is 0 Å². The van der Waals surface area contributed by atoms with Gasteiger partial charge in [-0.25, -0.2) is 0 Å². The molecule has 0 bridgehead atoms. The molecule has 1 unspecified atom stereocenters. The smallest absolute Gasteiger partial charge is 0.0346 e. The Labute approximate surface area is 107 Å². The zero-order valence-electron chi connectivity index (χ0n) is 10.7. The number of thiophene rings is 1. The molecule has 0 fully saturated rings. The first kappa shape index (κ1) is 12.3. The van der Waals surface area contributed by atoms with Crippen molar-refractivity contribution in [2.24, 2.45) is 5.73 Å². The van der Waals surface area contributed by atoms with Crippen molar-refractivity contribution < 1.29 is 0 Å². The van der Waals surface area contributed by atoms with E-state index in [0.717, 1.165) is 6.42 Å². The Hall–Kier alpha value is -1.12. The first-order valence-electron chi connectivity index (χ1n) is 5.93. The van der Waals surface area contributed by atoms with Crippen LogP contribution in [0.15, 0.2) is 29.6 Å². The molecule has 0 aliphatic rings. The molecule has 0 amide bonds. The quantitative estimate of drug-likeness (QED) is 0.871. The second-order valence-corrected chi connectivity index (χ2v) is 5.79. The molecule has 0 spiro atoms. The van der Waals surface area contributed by atoms with Crippen LogP contribution >= 0.6 is 11.3 Å². The first-order valence-corrected chi connectivity index (χ1v) is 6.81. The lowest BCUT2D eigenvalue weighted by atomic mass is 9.96. The molecule has 0 saturated heterocycles. The standard InChI is InChI=1S/C15H19NS/c1-10-4-5-11(2)13(8-10)9-15(16)14-6-7-17-12(14)3/h4-8,15H,9,16H2,1-3H3. The zero-order valence-corrected chi connectivity index (χ0v) is 11.5. The number of hydrogen-bond donors (Lipinski definition) is 1. The van der Waals surface area contributed by atoms with Gasteiger partial charge in [0.1, 0.15) is 0 Å². The molecule has 0 saturated carbocycles. The Morgan fingerprint density at radius 1 is 1.18 bits per heavy atom. The molecule has 2 heteroatoms. The Morgan fingerprint density at radius 2 is 1.94 bits per heavy atom. The monoisotopic (exact) mass is 245 g/mol. The average Bonchev–Trinajstić information content (AvgIpc) is 2.70. The fourth-order valence-corrected chi connectivity index (χ4v) is 2.92. The van der Waals surface area contributed by atoms with Gasteiger partial charge in [0.15, 0.2) is 0 Å². The van der Waals surface area contributed by atoms with E-state index in [2.05, 4.69) is 50.4 Å². The van der Waals surface area contributed by atoms with Crippen molar-refractivity contribution in [1.82, 2.24) is 0 Å². The van der Waals surface area contributed by atoms with Crippen LogP contribution in [0.3, 0.4) is 0 Å². The van der Waals surface area contributed by atoms with E-state index in [1.807, 2.05) is 0 Å². The van der Waals surface area contributed by atoms with Crippen molar-refractivity contribution >= 4 is 11.3 Å². The van der Waals surface area contributed by atoms with Crippen LogP contribution in [0.25, 0.3) is 0 Å². The van der Waals surface area contributed by atoms with Gasteiger partial charge in [0.2, 0.25) is 0 Å². The van der Waals surface area contributed by atoms with E-state index in [9.17, 15) is 0 Å². The van der Waals surface area contributed by atoms with E-state index in [-0.39, 0.29) is 6.04 Å². The Bertz CT molecular complexity index is 513. The van der Waals surface area contributed by atoms with Gasteiger partial charge in [0, 0.05) is 10.9 Å². The van der Waals surface area contributed by atoms with Crippen molar-refractivity contribution in [2.45, 2.75) is 33.2 Å². The fraction of sp³-hybridized carbons (Fsp3) is 0.333. The minimum atomic E-state index is 0.113. The van der Waals surface area contributed by atoms with Crippen LogP contribution in [0.4, 0.5) is 0 Å². The summed E-state index contributed by atoms with van der Waals surface area (Å²) in [5, 5.41) is 2.12. The summed E-state index contributed by atoms with van der Waals surface area (Å²) in [6.07, 6.45) is 0.922. The van der Waals surface area contributed by atoms with E-state index >= 15 is 0 Å². The lowest BCUT2D eigenvalue weighted by Crippen LogP contribution is -2.14. The molecule has 0 aliphatic carbocycles. The predicted octanol–water partition coefficient (Wildman–Crippen LogP) is 3.92. The maximum atomic E-state index is 6.30. The Balaban J connectivity index is 2.21. The summed E-state index contributed by atoms with van der Waals surface area (Å²) >= 11 is 1.77. The SMILES string of the molecule is Cc1ccc(C)c(CC(N)c2ccsc2C)c1. The molecule has 0 aliphatic heterocycles. The fourth-order valence-electron chi connectivity index (χ4n) is 2.15. The second kappa shape index (κ2) is 5.03. The van der Waals surface area contributed by atoms with Crippen LogP contribution in [-0.2, 0) is 6.42 Å². The molecule has 90 valence electrons. The van der Waals surface area contributed by atoms with Gasteiger partial charge in [-0.15, -0.1) is 11.3 Å². The van der Waals surface area contributed by atoms with E-state index in [1.165, 1.54) is 27.1 Å². The van der Waals surface area contributed by atoms with Crippen LogP contribution in [0, 0.1) is 20.8 Å². The maximum absolute atomic E-state index is 6.30. The van der Waals surface area contributed by atoms with Gasteiger partial charge in [-0.3, -0.25) is 0 Å². The Morgan fingerprint density at radius 3 is 2.59 bits per heavy atom. The predicted molar refractivity (Wildman–Crippen MR) is 75.6 cm³/mol. The molecule has 2 rings (SSSR count). The van der Waals surface area contributed by atoms with Gasteiger partial charge in [-0.1, -0.05) is 23.8 Å². The highest BCUT2D eigenvalue weighted by Crippen LogP contribution is 2.25. The minimum absolute atomic E-state index is 0.113. The second-order valence-electron chi connectivity index (χ2n) is 4.67. The molecule has 2 aromatic rings. The molecule has 1 nitrogen and oxygen atoms in total. The highest BCUT2D eigenvalue weighted by Gasteiger charge is 2.12. The van der Waals surface area contributed by atoms with Crippen molar-refractivity contribution in [3.8, 4) is 0 Å². The zero-order chi connectivity index (χ0) is 12.4. The summed E-state index contributed by atoms with van der Waals surface area (Å²) in [7, 11) is 0. The van der Waals surface area contributed by atoms with E-state index in [1.54, 1.807) is 11.3 Å². The Kier molecular flexibility index (Phi) is 3.65. The van der Waals surface area contributed by atoms with Crippen LogP contribution < -0.4 is 5.73 Å². The third kappa shape index (κ3) is 2.76. The molecular weight excluding hydrogens is 226 g/mol. The lowest BCUT2D eigenvalue weighted by Gasteiger charge is -2.14. The summed E-state index contributed by atoms with van der Waals surface area (Å²) in [6, 6.07) is 8.84. The number of nitrogens with two attached hydrogens (primary N) is 1. The molecule has 1 heterocycles. The van der Waals surface area contributed by atoms with Crippen LogP contribution in [-0.4, -0.2) is 0 Å². The number of rotatable bonds is 3. The van der Waals surface area contributed by atoms with Crippen molar-refractivity contribution in [1.29, 1.82) is 0 Å². The minimum Gasteiger partial charge on any atom is -0.324 e. The maximum Gasteiger partial charge on any atom is 0.0346 e. The highest BCUT2D eigenvalue weighted by molar-refractivity contribution is 7.10. The van der Waals surface area contributed by atoms with Crippen molar-refractivity contribution in [2.75, 3.05) is 0 Å². The van der Waals surface area contributed by atoms with Gasteiger partial charge in [-0.2, -0.15) is 0 Å². The molecule has 17 heavy (non-hydrogen) atoms.